The van der Waals surface area contributed by atoms with Crippen LogP contribution in [-0.2, 0) is 11.3 Å². The summed E-state index contributed by atoms with van der Waals surface area (Å²) >= 11 is 0. The molecule has 1 aromatic rings. The molecule has 1 atom stereocenters. The van der Waals surface area contributed by atoms with Crippen LogP contribution in [0, 0.1) is 0 Å². The van der Waals surface area contributed by atoms with Gasteiger partial charge in [-0.3, -0.25) is 9.69 Å². The molecule has 6 heteroatoms. The molecule has 1 aromatic carbocycles. The first-order chi connectivity index (χ1) is 10.7. The molecule has 1 amide bonds. The smallest absolute Gasteiger partial charge is 0.234 e. The van der Waals surface area contributed by atoms with E-state index in [0.29, 0.717) is 19.1 Å². The van der Waals surface area contributed by atoms with E-state index in [4.69, 9.17) is 4.74 Å². The Morgan fingerprint density at radius 3 is 3.00 bits per heavy atom. The van der Waals surface area contributed by atoms with Crippen molar-refractivity contribution in [1.29, 1.82) is 0 Å². The van der Waals surface area contributed by atoms with Gasteiger partial charge in [-0.25, -0.2) is 0 Å². The van der Waals surface area contributed by atoms with Gasteiger partial charge in [0, 0.05) is 12.6 Å². The molecule has 0 bridgehead atoms. The lowest BCUT2D eigenvalue weighted by Crippen LogP contribution is -2.40. The normalized spacial score (nSPS) is 18.0. The fourth-order valence-electron chi connectivity index (χ4n) is 2.84. The molecule has 1 heterocycles. The Kier molecular flexibility index (Phi) is 8.99. The van der Waals surface area contributed by atoms with E-state index in [1.807, 2.05) is 31.3 Å². The molecule has 0 radical (unpaired) electrons. The molecule has 23 heavy (non-hydrogen) atoms. The summed E-state index contributed by atoms with van der Waals surface area (Å²) in [6.45, 7) is 3.12. The Labute approximate surface area is 145 Å². The number of halogens is 1. The Bertz CT molecular complexity index is 477. The van der Waals surface area contributed by atoms with Crippen molar-refractivity contribution in [3.8, 4) is 5.75 Å². The van der Waals surface area contributed by atoms with Crippen molar-refractivity contribution < 1.29 is 9.53 Å². The molecule has 1 aliphatic rings. The standard InChI is InChI=1S/C17H27N3O2.ClH/c1-20(15-6-4-9-18-10-8-15)13-17(21)19-12-14-5-3-7-16(11-14)22-2;/h3,5,7,11,15,18H,4,6,8-10,12-13H2,1-2H3,(H,19,21);1H. The van der Waals surface area contributed by atoms with Gasteiger partial charge in [-0.2, -0.15) is 0 Å². The minimum absolute atomic E-state index is 0. The third-order valence-corrected chi connectivity index (χ3v) is 4.19. The van der Waals surface area contributed by atoms with Gasteiger partial charge in [0.2, 0.25) is 5.91 Å². The van der Waals surface area contributed by atoms with Crippen LogP contribution < -0.4 is 15.4 Å². The second-order valence-corrected chi connectivity index (χ2v) is 5.88. The summed E-state index contributed by atoms with van der Waals surface area (Å²) in [5.74, 6) is 0.886. The van der Waals surface area contributed by atoms with Crippen molar-refractivity contribution in [3.63, 3.8) is 0 Å². The molecule has 2 N–H and O–H groups in total. The molecule has 0 saturated carbocycles. The van der Waals surface area contributed by atoms with Crippen LogP contribution in [0.25, 0.3) is 0 Å². The predicted molar refractivity (Wildman–Crippen MR) is 95.2 cm³/mol. The summed E-state index contributed by atoms with van der Waals surface area (Å²) in [5, 5.41) is 6.39. The van der Waals surface area contributed by atoms with Crippen molar-refractivity contribution in [1.82, 2.24) is 15.5 Å². The molecule has 1 saturated heterocycles. The molecular weight excluding hydrogens is 314 g/mol. The summed E-state index contributed by atoms with van der Waals surface area (Å²) in [6.07, 6.45) is 3.45. The summed E-state index contributed by atoms with van der Waals surface area (Å²) in [4.78, 5) is 14.3. The first kappa shape index (κ1) is 19.7. The Morgan fingerprint density at radius 1 is 1.39 bits per heavy atom. The van der Waals surface area contributed by atoms with Gasteiger partial charge in [-0.1, -0.05) is 12.1 Å². The molecule has 0 spiro atoms. The minimum Gasteiger partial charge on any atom is -0.497 e. The number of amides is 1. The quantitative estimate of drug-likeness (QED) is 0.828. The number of carbonyl (C=O) groups is 1. The Hall–Kier alpha value is -1.30. The highest BCUT2D eigenvalue weighted by molar-refractivity contribution is 5.85. The monoisotopic (exact) mass is 341 g/mol. The van der Waals surface area contributed by atoms with Crippen LogP contribution in [0.1, 0.15) is 24.8 Å². The van der Waals surface area contributed by atoms with Crippen LogP contribution in [0.2, 0.25) is 0 Å². The number of hydrogen-bond donors (Lipinski definition) is 2. The van der Waals surface area contributed by atoms with Crippen molar-refractivity contribution in [3.05, 3.63) is 29.8 Å². The number of likely N-dealkylation sites (N-methyl/N-ethyl adjacent to an activating group) is 1. The predicted octanol–water partition coefficient (Wildman–Crippen LogP) is 1.81. The van der Waals surface area contributed by atoms with Gasteiger partial charge in [0.1, 0.15) is 5.75 Å². The second kappa shape index (κ2) is 10.5. The largest absolute Gasteiger partial charge is 0.497 e. The van der Waals surface area contributed by atoms with Crippen LogP contribution in [-0.4, -0.2) is 50.6 Å². The number of benzene rings is 1. The van der Waals surface area contributed by atoms with Crippen LogP contribution in [0.15, 0.2) is 24.3 Å². The highest BCUT2D eigenvalue weighted by Gasteiger charge is 2.18. The molecule has 5 nitrogen and oxygen atoms in total. The topological polar surface area (TPSA) is 53.6 Å². The van der Waals surface area contributed by atoms with E-state index >= 15 is 0 Å². The maximum atomic E-state index is 12.1. The molecule has 1 aliphatic heterocycles. The van der Waals surface area contributed by atoms with Gasteiger partial charge in [0.05, 0.1) is 13.7 Å². The maximum absolute atomic E-state index is 12.1. The molecule has 1 fully saturated rings. The maximum Gasteiger partial charge on any atom is 0.234 e. The number of nitrogens with one attached hydrogen (secondary N) is 2. The molecule has 0 aliphatic carbocycles. The van der Waals surface area contributed by atoms with Crippen LogP contribution >= 0.6 is 12.4 Å². The van der Waals surface area contributed by atoms with Gasteiger partial charge in [-0.15, -0.1) is 12.4 Å². The van der Waals surface area contributed by atoms with Crippen molar-refractivity contribution in [2.75, 3.05) is 33.8 Å². The zero-order chi connectivity index (χ0) is 15.8. The van der Waals surface area contributed by atoms with E-state index in [0.717, 1.165) is 37.2 Å². The third-order valence-electron chi connectivity index (χ3n) is 4.19. The number of nitrogens with zero attached hydrogens (tertiary/aromatic N) is 1. The third kappa shape index (κ3) is 6.77. The summed E-state index contributed by atoms with van der Waals surface area (Å²) < 4.78 is 5.19. The Morgan fingerprint density at radius 2 is 2.22 bits per heavy atom. The van der Waals surface area contributed by atoms with Gasteiger partial charge in [0.25, 0.3) is 0 Å². The van der Waals surface area contributed by atoms with Crippen LogP contribution in [0.3, 0.4) is 0 Å². The molecule has 2 rings (SSSR count). The average Bonchev–Trinajstić information content (AvgIpc) is 2.82. The van der Waals surface area contributed by atoms with Crippen LogP contribution in [0.4, 0.5) is 0 Å². The fraction of sp³-hybridized carbons (Fsp3) is 0.588. The van der Waals surface area contributed by atoms with Crippen molar-refractivity contribution in [2.45, 2.75) is 31.8 Å². The average molecular weight is 342 g/mol. The number of rotatable bonds is 6. The van der Waals surface area contributed by atoms with Gasteiger partial charge in [0.15, 0.2) is 0 Å². The van der Waals surface area contributed by atoms with Crippen LogP contribution in [0.5, 0.6) is 5.75 Å². The van der Waals surface area contributed by atoms with Gasteiger partial charge in [-0.05, 0) is 57.1 Å². The Balaban J connectivity index is 0.00000264. The number of ether oxygens (including phenoxy) is 1. The zero-order valence-corrected chi connectivity index (χ0v) is 14.8. The van der Waals surface area contributed by atoms with Crippen molar-refractivity contribution in [2.24, 2.45) is 0 Å². The van der Waals surface area contributed by atoms with E-state index in [9.17, 15) is 4.79 Å². The lowest BCUT2D eigenvalue weighted by atomic mass is 10.1. The minimum atomic E-state index is 0. The second-order valence-electron chi connectivity index (χ2n) is 5.88. The lowest BCUT2D eigenvalue weighted by molar-refractivity contribution is -0.122. The number of hydrogen-bond acceptors (Lipinski definition) is 4. The summed E-state index contributed by atoms with van der Waals surface area (Å²) in [6, 6.07) is 8.27. The summed E-state index contributed by atoms with van der Waals surface area (Å²) in [7, 11) is 3.69. The molecular formula is C17H28ClN3O2. The zero-order valence-electron chi connectivity index (χ0n) is 14.0. The molecule has 0 aromatic heterocycles. The van der Waals surface area contributed by atoms with E-state index < -0.39 is 0 Å². The highest BCUT2D eigenvalue weighted by Crippen LogP contribution is 2.13. The number of carbonyl (C=O) groups excluding carboxylic acids is 1. The highest BCUT2D eigenvalue weighted by atomic mass is 35.5. The first-order valence-electron chi connectivity index (χ1n) is 7.99. The van der Waals surface area contributed by atoms with Gasteiger partial charge < -0.3 is 15.4 Å². The van der Waals surface area contributed by atoms with E-state index in [-0.39, 0.29) is 18.3 Å². The van der Waals surface area contributed by atoms with E-state index in [2.05, 4.69) is 15.5 Å². The van der Waals surface area contributed by atoms with E-state index in [1.165, 1.54) is 6.42 Å². The molecule has 1 unspecified atom stereocenters. The SMILES string of the molecule is COc1cccc(CNC(=O)CN(C)C2CCCNCC2)c1.Cl. The van der Waals surface area contributed by atoms with Crippen molar-refractivity contribution >= 4 is 18.3 Å². The lowest BCUT2D eigenvalue weighted by Gasteiger charge is -2.26. The van der Waals surface area contributed by atoms with E-state index in [1.54, 1.807) is 7.11 Å². The molecule has 130 valence electrons. The number of methoxy groups -OCH3 is 1. The van der Waals surface area contributed by atoms with Gasteiger partial charge >= 0.3 is 0 Å². The fourth-order valence-corrected chi connectivity index (χ4v) is 2.84. The first-order valence-corrected chi connectivity index (χ1v) is 7.99. The summed E-state index contributed by atoms with van der Waals surface area (Å²) in [5.41, 5.74) is 1.05.